The highest BCUT2D eigenvalue weighted by molar-refractivity contribution is 6.84. The maximum Gasteiger partial charge on any atom is 0.376 e. The van der Waals surface area contributed by atoms with Gasteiger partial charge in [-0.25, -0.2) is 0 Å². The second kappa shape index (κ2) is 6.44. The molecule has 9 heteroatoms. The molecule has 0 unspecified atom stereocenters. The van der Waals surface area contributed by atoms with Crippen LogP contribution in [-0.2, 0) is 0 Å². The summed E-state index contributed by atoms with van der Waals surface area (Å²) in [7, 11) is 4.19. The lowest BCUT2D eigenvalue weighted by atomic mass is 9.64. The van der Waals surface area contributed by atoms with Gasteiger partial charge in [-0.1, -0.05) is 6.92 Å². The van der Waals surface area contributed by atoms with Crippen molar-refractivity contribution in [2.45, 2.75) is 13.3 Å². The number of nitrogens with one attached hydrogen (secondary N) is 6. The first-order valence-electron chi connectivity index (χ1n) is 5.16. The lowest BCUT2D eigenvalue weighted by molar-refractivity contribution is 0.822. The summed E-state index contributed by atoms with van der Waals surface area (Å²) in [5, 5.41) is 19.5. The van der Waals surface area contributed by atoms with E-state index in [1.165, 1.54) is 0 Å². The van der Waals surface area contributed by atoms with Gasteiger partial charge in [0.15, 0.2) is 0 Å². The molecule has 1 fully saturated rings. The zero-order valence-corrected chi connectivity index (χ0v) is 9.15. The van der Waals surface area contributed by atoms with Crippen molar-refractivity contribution in [2.75, 3.05) is 20.6 Å². The lowest BCUT2D eigenvalue weighted by Gasteiger charge is -2.31. The van der Waals surface area contributed by atoms with Gasteiger partial charge in [-0.3, -0.25) is 0 Å². The molecular weight excluding hydrogens is 177 g/mol. The third-order valence-corrected chi connectivity index (χ3v) is 2.18. The lowest BCUT2D eigenvalue weighted by Crippen LogP contribution is -2.84. The highest BCUT2D eigenvalue weighted by atomic mass is 15.2. The van der Waals surface area contributed by atoms with E-state index in [0.717, 1.165) is 13.0 Å². The summed E-state index contributed by atoms with van der Waals surface area (Å²) in [5.74, 6) is 0. The minimum Gasteiger partial charge on any atom is -0.342 e. The molecule has 1 heterocycles. The quantitative estimate of drug-likeness (QED) is 0.266. The standard InChI is InChI=1S/C5H19B3N6/c1-4-5-11-8-13-6(9-2)12-7(10-3)14-8/h9-14H,4-5H2,1-3H3. The first-order chi connectivity index (χ1) is 6.80. The zero-order valence-electron chi connectivity index (χ0n) is 9.15. The molecule has 0 saturated carbocycles. The van der Waals surface area contributed by atoms with Crippen LogP contribution in [0.25, 0.3) is 0 Å². The van der Waals surface area contributed by atoms with Gasteiger partial charge in [-0.2, -0.15) is 0 Å². The Bertz CT molecular complexity index is 148. The average molecular weight is 196 g/mol. The first-order valence-corrected chi connectivity index (χ1v) is 5.16. The van der Waals surface area contributed by atoms with Crippen LogP contribution in [0.5, 0.6) is 0 Å². The first kappa shape index (κ1) is 12.0. The van der Waals surface area contributed by atoms with Crippen molar-refractivity contribution in [3.05, 3.63) is 0 Å². The van der Waals surface area contributed by atoms with E-state index in [1.54, 1.807) is 0 Å². The molecule has 0 atom stereocenters. The van der Waals surface area contributed by atoms with Gasteiger partial charge >= 0.3 is 21.4 Å². The second-order valence-electron chi connectivity index (χ2n) is 3.33. The van der Waals surface area contributed by atoms with Crippen molar-refractivity contribution in [2.24, 2.45) is 0 Å². The van der Waals surface area contributed by atoms with Crippen LogP contribution < -0.4 is 31.1 Å². The van der Waals surface area contributed by atoms with E-state index in [4.69, 9.17) is 0 Å². The van der Waals surface area contributed by atoms with Gasteiger partial charge in [-0.15, -0.1) is 0 Å². The molecule has 0 spiro atoms. The normalized spacial score (nSPS) is 17.8. The highest BCUT2D eigenvalue weighted by Crippen LogP contribution is 1.79. The average Bonchev–Trinajstić information content (AvgIpc) is 2.25. The smallest absolute Gasteiger partial charge is 0.342 e. The fourth-order valence-electron chi connectivity index (χ4n) is 1.38. The monoisotopic (exact) mass is 196 g/mol. The van der Waals surface area contributed by atoms with E-state index in [0.29, 0.717) is 0 Å². The largest absolute Gasteiger partial charge is 0.376 e. The fraction of sp³-hybridized carbons (Fsp3) is 1.00. The van der Waals surface area contributed by atoms with E-state index >= 15 is 0 Å². The molecule has 1 aliphatic heterocycles. The SMILES string of the molecule is CCCNB1NB(NC)NB(NC)N1. The number of rotatable bonds is 5. The highest BCUT2D eigenvalue weighted by Gasteiger charge is 2.34. The van der Waals surface area contributed by atoms with Gasteiger partial charge < -0.3 is 31.1 Å². The van der Waals surface area contributed by atoms with Crippen LogP contribution in [0, 0.1) is 0 Å². The molecule has 0 radical (unpaired) electrons. The number of hydrogen-bond acceptors (Lipinski definition) is 6. The van der Waals surface area contributed by atoms with E-state index in [-0.39, 0.29) is 21.4 Å². The Labute approximate surface area is 87.2 Å². The summed E-state index contributed by atoms with van der Waals surface area (Å²) in [6, 6.07) is 0. The van der Waals surface area contributed by atoms with E-state index in [2.05, 4.69) is 38.0 Å². The van der Waals surface area contributed by atoms with E-state index in [1.807, 2.05) is 14.1 Å². The molecule has 0 aromatic carbocycles. The Morgan fingerprint density at radius 3 is 1.86 bits per heavy atom. The summed E-state index contributed by atoms with van der Waals surface area (Å²) in [4.78, 5) is 0. The maximum absolute atomic E-state index is 3.36. The summed E-state index contributed by atoms with van der Waals surface area (Å²) in [6.45, 7) is 3.15. The summed E-state index contributed by atoms with van der Waals surface area (Å²) < 4.78 is 0. The van der Waals surface area contributed by atoms with Gasteiger partial charge in [0.05, 0.1) is 0 Å². The van der Waals surface area contributed by atoms with Crippen LogP contribution in [0.3, 0.4) is 0 Å². The Morgan fingerprint density at radius 2 is 1.43 bits per heavy atom. The Morgan fingerprint density at radius 1 is 0.929 bits per heavy atom. The molecule has 0 aliphatic carbocycles. The zero-order chi connectivity index (χ0) is 10.4. The van der Waals surface area contributed by atoms with Crippen molar-refractivity contribution in [3.8, 4) is 0 Å². The van der Waals surface area contributed by atoms with Crippen LogP contribution >= 0.6 is 0 Å². The van der Waals surface area contributed by atoms with Gasteiger partial charge in [0.25, 0.3) is 0 Å². The molecular formula is C5H19B3N6. The van der Waals surface area contributed by atoms with Crippen molar-refractivity contribution in [3.63, 3.8) is 0 Å². The van der Waals surface area contributed by atoms with Gasteiger partial charge in [0.2, 0.25) is 0 Å². The predicted molar refractivity (Wildman–Crippen MR) is 63.1 cm³/mol. The molecule has 0 aromatic heterocycles. The fourth-order valence-corrected chi connectivity index (χ4v) is 1.38. The van der Waals surface area contributed by atoms with Crippen LogP contribution in [0.1, 0.15) is 13.3 Å². The van der Waals surface area contributed by atoms with E-state index in [9.17, 15) is 0 Å². The summed E-state index contributed by atoms with van der Waals surface area (Å²) in [5.41, 5.74) is 0. The van der Waals surface area contributed by atoms with Crippen LogP contribution in [-0.4, -0.2) is 42.0 Å². The molecule has 0 bridgehead atoms. The molecule has 6 N–H and O–H groups in total. The Kier molecular flexibility index (Phi) is 5.53. The third-order valence-electron chi connectivity index (χ3n) is 2.18. The maximum atomic E-state index is 3.36. The Balaban J connectivity index is 2.35. The third kappa shape index (κ3) is 3.60. The van der Waals surface area contributed by atoms with Gasteiger partial charge in [0, 0.05) is 0 Å². The van der Waals surface area contributed by atoms with Crippen molar-refractivity contribution in [1.82, 2.24) is 31.1 Å². The number of hydrogen-bond donors (Lipinski definition) is 6. The molecule has 0 amide bonds. The molecule has 1 saturated heterocycles. The van der Waals surface area contributed by atoms with Crippen LogP contribution in [0.4, 0.5) is 0 Å². The Hall–Kier alpha value is -0.0452. The molecule has 1 aliphatic rings. The van der Waals surface area contributed by atoms with Crippen LogP contribution in [0.2, 0.25) is 0 Å². The van der Waals surface area contributed by atoms with Crippen molar-refractivity contribution >= 4 is 21.4 Å². The van der Waals surface area contributed by atoms with Crippen LogP contribution in [0.15, 0.2) is 0 Å². The van der Waals surface area contributed by atoms with Gasteiger partial charge in [0.1, 0.15) is 0 Å². The summed E-state index contributed by atoms with van der Waals surface area (Å²) in [6.07, 6.45) is 1.13. The molecule has 6 nitrogen and oxygen atoms in total. The summed E-state index contributed by atoms with van der Waals surface area (Å²) >= 11 is 0. The van der Waals surface area contributed by atoms with E-state index < -0.39 is 0 Å². The van der Waals surface area contributed by atoms with Crippen molar-refractivity contribution in [1.29, 1.82) is 0 Å². The van der Waals surface area contributed by atoms with Crippen molar-refractivity contribution < 1.29 is 0 Å². The molecule has 14 heavy (non-hydrogen) atoms. The second-order valence-corrected chi connectivity index (χ2v) is 3.33. The molecule has 78 valence electrons. The minimum absolute atomic E-state index is 0.114. The molecule has 0 aromatic rings. The minimum atomic E-state index is 0.114. The van der Waals surface area contributed by atoms with Gasteiger partial charge in [-0.05, 0) is 27.1 Å². The molecule has 1 rings (SSSR count). The predicted octanol–water partition coefficient (Wildman–Crippen LogP) is -2.84. The topological polar surface area (TPSA) is 72.2 Å².